The number of nitrogens with zero attached hydrogens (tertiary/aromatic N) is 4. The zero-order chi connectivity index (χ0) is 28.3. The number of esters is 1. The highest BCUT2D eigenvalue weighted by molar-refractivity contribution is 8.13. The number of nitro groups is 1. The zero-order valence-corrected chi connectivity index (χ0v) is 23.6. The Labute approximate surface area is 238 Å². The van der Waals surface area contributed by atoms with Crippen molar-refractivity contribution in [3.8, 4) is 5.75 Å². The van der Waals surface area contributed by atoms with Crippen LogP contribution in [0.25, 0.3) is 0 Å². The van der Waals surface area contributed by atoms with E-state index >= 15 is 0 Å². The minimum Gasteiger partial charge on any atom is -0.502 e. The van der Waals surface area contributed by atoms with E-state index in [0.29, 0.717) is 29.5 Å². The van der Waals surface area contributed by atoms with Gasteiger partial charge in [-0.05, 0) is 62.2 Å². The third-order valence-corrected chi connectivity index (χ3v) is 7.65. The highest BCUT2D eigenvalue weighted by atomic mass is 32.2. The Morgan fingerprint density at radius 2 is 1.93 bits per heavy atom. The molecule has 0 amide bonds. The van der Waals surface area contributed by atoms with E-state index in [4.69, 9.17) is 9.47 Å². The molecule has 0 spiro atoms. The first kappa shape index (κ1) is 29.7. The SMILES string of the molecule is CSC1=NC(c2ccc(O)c([N+](=O)[O-])c2)C(C(=O)OCCCc2ccccc2)C(COCCN2CCCCC2)=N1. The first-order chi connectivity index (χ1) is 19.5. The predicted octanol–water partition coefficient (Wildman–Crippen LogP) is 4.81. The molecule has 11 heteroatoms. The average molecular weight is 569 g/mol. The lowest BCUT2D eigenvalue weighted by Crippen LogP contribution is -2.38. The van der Waals surface area contributed by atoms with Crippen molar-refractivity contribution in [3.05, 3.63) is 69.8 Å². The summed E-state index contributed by atoms with van der Waals surface area (Å²) in [5, 5.41) is 22.0. The Kier molecular flexibility index (Phi) is 11.1. The molecule has 2 aromatic carbocycles. The number of likely N-dealkylation sites (tertiary alicyclic amines) is 1. The Morgan fingerprint density at radius 1 is 1.15 bits per heavy atom. The minimum atomic E-state index is -0.910. The lowest BCUT2D eigenvalue weighted by Gasteiger charge is -2.29. The molecule has 0 saturated carbocycles. The van der Waals surface area contributed by atoms with E-state index in [2.05, 4.69) is 14.9 Å². The number of rotatable bonds is 12. The Hall–Kier alpha value is -3.28. The van der Waals surface area contributed by atoms with Crippen molar-refractivity contribution >= 4 is 34.3 Å². The first-order valence-electron chi connectivity index (χ1n) is 13.6. The van der Waals surface area contributed by atoms with Crippen LogP contribution >= 0.6 is 11.8 Å². The van der Waals surface area contributed by atoms with Crippen LogP contribution in [0.15, 0.2) is 58.5 Å². The van der Waals surface area contributed by atoms with Gasteiger partial charge in [-0.25, -0.2) is 4.99 Å². The molecule has 10 nitrogen and oxygen atoms in total. The van der Waals surface area contributed by atoms with Gasteiger partial charge in [0.15, 0.2) is 10.9 Å². The third-order valence-electron chi connectivity index (χ3n) is 7.09. The lowest BCUT2D eigenvalue weighted by molar-refractivity contribution is -0.385. The molecule has 2 aliphatic heterocycles. The molecule has 1 N–H and O–H groups in total. The number of carbonyl (C=O) groups excluding carboxylic acids is 1. The van der Waals surface area contributed by atoms with Crippen LogP contribution in [0.1, 0.15) is 42.9 Å². The second kappa shape index (κ2) is 14.9. The van der Waals surface area contributed by atoms with Crippen molar-refractivity contribution in [2.75, 3.05) is 45.7 Å². The summed E-state index contributed by atoms with van der Waals surface area (Å²) in [6, 6.07) is 13.2. The van der Waals surface area contributed by atoms with Gasteiger partial charge >= 0.3 is 11.7 Å². The maximum atomic E-state index is 13.5. The maximum Gasteiger partial charge on any atom is 0.317 e. The Balaban J connectivity index is 1.50. The summed E-state index contributed by atoms with van der Waals surface area (Å²) < 4.78 is 11.7. The number of phenolic OH excluding ortho intramolecular Hbond substituents is 1. The molecule has 2 aliphatic rings. The second-order valence-corrected chi connectivity index (χ2v) is 10.6. The fraction of sp³-hybridized carbons (Fsp3) is 0.483. The molecule has 1 saturated heterocycles. The maximum absolute atomic E-state index is 13.5. The third kappa shape index (κ3) is 8.12. The molecule has 0 bridgehead atoms. The number of aliphatic imine (C=N–C) groups is 2. The number of hydrogen-bond acceptors (Lipinski definition) is 10. The van der Waals surface area contributed by atoms with Crippen molar-refractivity contribution in [2.24, 2.45) is 15.9 Å². The van der Waals surface area contributed by atoms with Gasteiger partial charge in [0.2, 0.25) is 0 Å². The van der Waals surface area contributed by atoms with Gasteiger partial charge in [-0.15, -0.1) is 0 Å². The van der Waals surface area contributed by atoms with Crippen molar-refractivity contribution < 1.29 is 24.3 Å². The van der Waals surface area contributed by atoms with E-state index in [1.165, 1.54) is 43.2 Å². The lowest BCUT2D eigenvalue weighted by atomic mass is 9.88. The summed E-state index contributed by atoms with van der Waals surface area (Å²) in [5.74, 6) is -1.86. The number of piperidine rings is 1. The number of ether oxygens (including phenoxy) is 2. The molecule has 2 aromatic rings. The van der Waals surface area contributed by atoms with Crippen molar-refractivity contribution in [3.63, 3.8) is 0 Å². The van der Waals surface area contributed by atoms with Gasteiger partial charge in [-0.3, -0.25) is 19.9 Å². The summed E-state index contributed by atoms with van der Waals surface area (Å²) in [4.78, 5) is 36.0. The summed E-state index contributed by atoms with van der Waals surface area (Å²) in [6.45, 7) is 3.76. The van der Waals surface area contributed by atoms with Gasteiger partial charge in [0.1, 0.15) is 5.92 Å². The molecule has 214 valence electrons. The van der Waals surface area contributed by atoms with E-state index in [9.17, 15) is 20.0 Å². The predicted molar refractivity (Wildman–Crippen MR) is 156 cm³/mol. The van der Waals surface area contributed by atoms with Gasteiger partial charge in [-0.2, -0.15) is 0 Å². The van der Waals surface area contributed by atoms with Crippen LogP contribution < -0.4 is 0 Å². The fourth-order valence-corrected chi connectivity index (χ4v) is 5.38. The molecule has 0 aliphatic carbocycles. The van der Waals surface area contributed by atoms with Crippen LogP contribution in [-0.2, 0) is 20.7 Å². The van der Waals surface area contributed by atoms with Crippen LogP contribution in [0.4, 0.5) is 5.69 Å². The van der Waals surface area contributed by atoms with E-state index in [0.717, 1.165) is 31.6 Å². The van der Waals surface area contributed by atoms with Crippen LogP contribution in [0.3, 0.4) is 0 Å². The second-order valence-electron chi connectivity index (χ2n) is 9.86. The number of aromatic hydroxyl groups is 1. The number of amidine groups is 1. The number of hydrogen-bond donors (Lipinski definition) is 1. The van der Waals surface area contributed by atoms with Gasteiger partial charge in [0.05, 0.1) is 36.5 Å². The normalized spacial score (nSPS) is 19.5. The molecule has 40 heavy (non-hydrogen) atoms. The van der Waals surface area contributed by atoms with Gasteiger partial charge in [-0.1, -0.05) is 54.6 Å². The molecule has 4 rings (SSSR count). The smallest absolute Gasteiger partial charge is 0.317 e. The van der Waals surface area contributed by atoms with E-state index in [-0.39, 0.29) is 13.2 Å². The highest BCUT2D eigenvalue weighted by Gasteiger charge is 2.39. The molecular weight excluding hydrogens is 532 g/mol. The number of nitro benzene ring substituents is 1. The van der Waals surface area contributed by atoms with Crippen LogP contribution in [0.5, 0.6) is 5.75 Å². The number of benzene rings is 2. The number of thioether (sulfide) groups is 1. The van der Waals surface area contributed by atoms with E-state index in [1.54, 1.807) is 6.07 Å². The fourth-order valence-electron chi connectivity index (χ4n) is 4.96. The molecule has 2 unspecified atom stereocenters. The quantitative estimate of drug-likeness (QED) is 0.167. The highest BCUT2D eigenvalue weighted by Crippen LogP contribution is 2.37. The molecule has 2 heterocycles. The summed E-state index contributed by atoms with van der Waals surface area (Å²) >= 11 is 1.32. The van der Waals surface area contributed by atoms with Crippen LogP contribution in [0.2, 0.25) is 0 Å². The molecule has 1 fully saturated rings. The van der Waals surface area contributed by atoms with Crippen molar-refractivity contribution in [1.82, 2.24) is 4.90 Å². The molecule has 0 radical (unpaired) electrons. The van der Waals surface area contributed by atoms with Gasteiger partial charge < -0.3 is 19.5 Å². The van der Waals surface area contributed by atoms with Crippen LogP contribution in [0, 0.1) is 16.0 Å². The number of aryl methyl sites for hydroxylation is 1. The molecular formula is C29H36N4O6S. The number of phenols is 1. The standard InChI is InChI=1S/C29H36N4O6S/c1-40-29-30-23(20-38-18-16-32-14-6-3-7-15-32)26(28(35)39-17-8-11-21-9-4-2-5-10-21)27(31-29)22-12-13-25(34)24(19-22)33(36)37/h2,4-5,9-10,12-13,19,26-27,34H,3,6-8,11,14-18,20H2,1H3. The largest absolute Gasteiger partial charge is 0.502 e. The summed E-state index contributed by atoms with van der Waals surface area (Å²) in [7, 11) is 0. The number of carbonyl (C=O) groups is 1. The Bertz CT molecular complexity index is 1220. The molecule has 2 atom stereocenters. The zero-order valence-electron chi connectivity index (χ0n) is 22.7. The van der Waals surface area contributed by atoms with E-state index < -0.39 is 34.3 Å². The first-order valence-corrected chi connectivity index (χ1v) is 14.9. The Morgan fingerprint density at radius 3 is 2.65 bits per heavy atom. The monoisotopic (exact) mass is 568 g/mol. The summed E-state index contributed by atoms with van der Waals surface area (Å²) in [6.07, 6.45) is 6.89. The van der Waals surface area contributed by atoms with Gasteiger partial charge in [0, 0.05) is 12.6 Å². The molecule has 0 aromatic heterocycles. The van der Waals surface area contributed by atoms with E-state index in [1.807, 2.05) is 36.6 Å². The topological polar surface area (TPSA) is 127 Å². The van der Waals surface area contributed by atoms with Crippen molar-refractivity contribution in [2.45, 2.75) is 38.1 Å². The van der Waals surface area contributed by atoms with Gasteiger partial charge in [0.25, 0.3) is 0 Å². The van der Waals surface area contributed by atoms with Crippen molar-refractivity contribution in [1.29, 1.82) is 0 Å². The van der Waals surface area contributed by atoms with Crippen LogP contribution in [-0.4, -0.2) is 77.5 Å². The average Bonchev–Trinajstić information content (AvgIpc) is 2.98. The summed E-state index contributed by atoms with van der Waals surface area (Å²) in [5.41, 5.74) is 1.61. The minimum absolute atomic E-state index is 0.119.